The molecule has 2 aromatic rings. The van der Waals surface area contributed by atoms with Gasteiger partial charge in [0.15, 0.2) is 0 Å². The van der Waals surface area contributed by atoms with Crippen LogP contribution in [0.25, 0.3) is 0 Å². The summed E-state index contributed by atoms with van der Waals surface area (Å²) in [6.07, 6.45) is 0. The van der Waals surface area contributed by atoms with Crippen molar-refractivity contribution in [1.29, 1.82) is 0 Å². The highest BCUT2D eigenvalue weighted by Crippen LogP contribution is 2.20. The maximum Gasteiger partial charge on any atom is 0.256 e. The minimum atomic E-state index is -0.0770. The van der Waals surface area contributed by atoms with Gasteiger partial charge in [0.2, 0.25) is 0 Å². The van der Waals surface area contributed by atoms with Gasteiger partial charge in [0, 0.05) is 17.3 Å². The minimum Gasteiger partial charge on any atom is -0.324 e. The molecule has 3 N–H and O–H groups in total. The van der Waals surface area contributed by atoms with Gasteiger partial charge in [0.25, 0.3) is 5.91 Å². The molecule has 0 fully saturated rings. The van der Waals surface area contributed by atoms with Gasteiger partial charge < -0.3 is 11.1 Å². The largest absolute Gasteiger partial charge is 0.324 e. The summed E-state index contributed by atoms with van der Waals surface area (Å²) in [7, 11) is 0. The molecule has 0 spiro atoms. The molecule has 0 bridgehead atoms. The highest BCUT2D eigenvalue weighted by atomic mass is 16.1. The molecule has 0 radical (unpaired) electrons. The number of anilines is 1. The summed E-state index contributed by atoms with van der Waals surface area (Å²) >= 11 is 0. The van der Waals surface area contributed by atoms with Crippen molar-refractivity contribution >= 4 is 11.6 Å². The van der Waals surface area contributed by atoms with Gasteiger partial charge in [0.05, 0.1) is 0 Å². The molecule has 3 heteroatoms. The lowest BCUT2D eigenvalue weighted by molar-refractivity contribution is 0.102. The van der Waals surface area contributed by atoms with Gasteiger partial charge >= 0.3 is 0 Å². The molecular formula is C18H22N2O. The van der Waals surface area contributed by atoms with Crippen LogP contribution in [0.3, 0.4) is 0 Å². The van der Waals surface area contributed by atoms with Gasteiger partial charge in [-0.25, -0.2) is 0 Å². The smallest absolute Gasteiger partial charge is 0.256 e. The molecule has 0 aromatic heterocycles. The molecule has 21 heavy (non-hydrogen) atoms. The molecule has 0 saturated heterocycles. The Morgan fingerprint density at radius 3 is 2.29 bits per heavy atom. The van der Waals surface area contributed by atoms with Gasteiger partial charge in [-0.3, -0.25) is 4.79 Å². The fourth-order valence-electron chi connectivity index (χ4n) is 2.63. The Bertz CT molecular complexity index is 652. The SMILES string of the molecule is Cc1cc(C)c(C(=O)Nc2cccc(C(C)N)c2)c(C)c1. The molecule has 2 rings (SSSR count). The molecule has 2 aromatic carbocycles. The average Bonchev–Trinajstić information content (AvgIpc) is 2.37. The molecule has 1 amide bonds. The normalized spacial score (nSPS) is 12.0. The van der Waals surface area contributed by atoms with Gasteiger partial charge in [-0.05, 0) is 56.5 Å². The number of aryl methyl sites for hydroxylation is 3. The van der Waals surface area contributed by atoms with E-state index in [2.05, 4.69) is 5.32 Å². The summed E-state index contributed by atoms with van der Waals surface area (Å²) in [5.74, 6) is -0.0770. The lowest BCUT2D eigenvalue weighted by Crippen LogP contribution is -2.15. The Morgan fingerprint density at radius 1 is 1.10 bits per heavy atom. The van der Waals surface area contributed by atoms with Crippen molar-refractivity contribution in [2.75, 3.05) is 5.32 Å². The lowest BCUT2D eigenvalue weighted by Gasteiger charge is -2.13. The van der Waals surface area contributed by atoms with E-state index >= 15 is 0 Å². The van der Waals surface area contributed by atoms with Crippen LogP contribution in [-0.2, 0) is 0 Å². The predicted octanol–water partition coefficient (Wildman–Crippen LogP) is 3.88. The van der Waals surface area contributed by atoms with Crippen LogP contribution in [0.2, 0.25) is 0 Å². The van der Waals surface area contributed by atoms with Gasteiger partial charge in [-0.15, -0.1) is 0 Å². The fraction of sp³-hybridized carbons (Fsp3) is 0.278. The third-order valence-electron chi connectivity index (χ3n) is 3.57. The van der Waals surface area contributed by atoms with E-state index in [1.165, 1.54) is 5.56 Å². The zero-order valence-corrected chi connectivity index (χ0v) is 13.0. The van der Waals surface area contributed by atoms with Crippen LogP contribution in [0.4, 0.5) is 5.69 Å². The monoisotopic (exact) mass is 282 g/mol. The molecule has 0 aliphatic heterocycles. The second kappa shape index (κ2) is 6.10. The summed E-state index contributed by atoms with van der Waals surface area (Å²) < 4.78 is 0. The van der Waals surface area contributed by atoms with E-state index in [1.807, 2.05) is 64.1 Å². The van der Waals surface area contributed by atoms with Crippen LogP contribution >= 0.6 is 0 Å². The van der Waals surface area contributed by atoms with Gasteiger partial charge in [-0.2, -0.15) is 0 Å². The number of hydrogen-bond donors (Lipinski definition) is 2. The Hall–Kier alpha value is -2.13. The van der Waals surface area contributed by atoms with Crippen LogP contribution in [0.5, 0.6) is 0 Å². The lowest BCUT2D eigenvalue weighted by atomic mass is 9.99. The van der Waals surface area contributed by atoms with Crippen LogP contribution < -0.4 is 11.1 Å². The Kier molecular flexibility index (Phi) is 4.43. The van der Waals surface area contributed by atoms with Crippen molar-refractivity contribution in [2.24, 2.45) is 5.73 Å². The number of hydrogen-bond acceptors (Lipinski definition) is 2. The molecule has 0 aliphatic rings. The molecule has 110 valence electrons. The van der Waals surface area contributed by atoms with E-state index in [9.17, 15) is 4.79 Å². The quantitative estimate of drug-likeness (QED) is 0.897. The summed E-state index contributed by atoms with van der Waals surface area (Å²) in [4.78, 5) is 12.5. The minimum absolute atomic E-state index is 0.0512. The highest BCUT2D eigenvalue weighted by Gasteiger charge is 2.13. The van der Waals surface area contributed by atoms with Crippen molar-refractivity contribution in [1.82, 2.24) is 0 Å². The number of amides is 1. The summed E-state index contributed by atoms with van der Waals surface area (Å²) in [6, 6.07) is 11.7. The number of carbonyl (C=O) groups excluding carboxylic acids is 1. The van der Waals surface area contributed by atoms with Crippen molar-refractivity contribution in [3.05, 3.63) is 64.2 Å². The fourth-order valence-corrected chi connectivity index (χ4v) is 2.63. The number of benzene rings is 2. The topological polar surface area (TPSA) is 55.1 Å². The van der Waals surface area contributed by atoms with E-state index in [0.717, 1.165) is 27.9 Å². The molecule has 0 saturated carbocycles. The second-order valence-corrected chi connectivity index (χ2v) is 5.64. The first-order valence-electron chi connectivity index (χ1n) is 7.13. The van der Waals surface area contributed by atoms with Crippen molar-refractivity contribution in [3.8, 4) is 0 Å². The number of nitrogens with two attached hydrogens (primary N) is 1. The van der Waals surface area contributed by atoms with E-state index in [1.54, 1.807) is 0 Å². The van der Waals surface area contributed by atoms with Crippen molar-refractivity contribution in [3.63, 3.8) is 0 Å². The third-order valence-corrected chi connectivity index (χ3v) is 3.57. The maximum atomic E-state index is 12.5. The Labute approximate surface area is 126 Å². The van der Waals surface area contributed by atoms with E-state index in [-0.39, 0.29) is 11.9 Å². The van der Waals surface area contributed by atoms with Crippen molar-refractivity contribution in [2.45, 2.75) is 33.7 Å². The maximum absolute atomic E-state index is 12.5. The molecule has 1 atom stereocenters. The Balaban J connectivity index is 2.28. The highest BCUT2D eigenvalue weighted by molar-refractivity contribution is 6.06. The molecule has 1 unspecified atom stereocenters. The number of nitrogens with one attached hydrogen (secondary N) is 1. The molecule has 3 nitrogen and oxygen atoms in total. The van der Waals surface area contributed by atoms with E-state index in [4.69, 9.17) is 5.73 Å². The third kappa shape index (κ3) is 3.50. The van der Waals surface area contributed by atoms with Gasteiger partial charge in [0.1, 0.15) is 0 Å². The predicted molar refractivity (Wildman–Crippen MR) is 87.7 cm³/mol. The first-order valence-corrected chi connectivity index (χ1v) is 7.13. The van der Waals surface area contributed by atoms with Crippen LogP contribution in [0, 0.1) is 20.8 Å². The van der Waals surface area contributed by atoms with Gasteiger partial charge in [-0.1, -0.05) is 29.8 Å². The Morgan fingerprint density at radius 2 is 1.71 bits per heavy atom. The average molecular weight is 282 g/mol. The number of rotatable bonds is 3. The summed E-state index contributed by atoms with van der Waals surface area (Å²) in [5.41, 5.74) is 11.6. The van der Waals surface area contributed by atoms with E-state index < -0.39 is 0 Å². The molecule has 0 heterocycles. The van der Waals surface area contributed by atoms with Crippen LogP contribution in [0.1, 0.15) is 45.6 Å². The molecule has 0 aliphatic carbocycles. The zero-order valence-electron chi connectivity index (χ0n) is 13.0. The van der Waals surface area contributed by atoms with Crippen LogP contribution in [-0.4, -0.2) is 5.91 Å². The standard InChI is InChI=1S/C18H22N2O/c1-11-8-12(2)17(13(3)9-11)18(21)20-16-7-5-6-15(10-16)14(4)19/h5-10,14H,19H2,1-4H3,(H,20,21). The first kappa shape index (κ1) is 15.3. The summed E-state index contributed by atoms with van der Waals surface area (Å²) in [5, 5.41) is 2.96. The van der Waals surface area contributed by atoms with Crippen LogP contribution in [0.15, 0.2) is 36.4 Å². The molecular weight excluding hydrogens is 260 g/mol. The second-order valence-electron chi connectivity index (χ2n) is 5.64. The first-order chi connectivity index (χ1) is 9.88. The number of carbonyl (C=O) groups is 1. The van der Waals surface area contributed by atoms with E-state index in [0.29, 0.717) is 0 Å². The zero-order chi connectivity index (χ0) is 15.6. The summed E-state index contributed by atoms with van der Waals surface area (Å²) in [6.45, 7) is 7.89. The van der Waals surface area contributed by atoms with Crippen molar-refractivity contribution < 1.29 is 4.79 Å².